The van der Waals surface area contributed by atoms with E-state index in [-0.39, 0.29) is 12.2 Å². The van der Waals surface area contributed by atoms with E-state index in [0.717, 1.165) is 11.1 Å². The lowest BCUT2D eigenvalue weighted by atomic mass is 10.1. The Balaban J connectivity index is 2.14. The molecule has 0 amide bonds. The summed E-state index contributed by atoms with van der Waals surface area (Å²) in [5.74, 6) is -2.92. The van der Waals surface area contributed by atoms with E-state index in [1.54, 1.807) is 36.4 Å². The Bertz CT molecular complexity index is 824. The highest BCUT2D eigenvalue weighted by molar-refractivity contribution is 5.94. The SMILES string of the molecule is C=C(CC(=O)O)C(=O)OC(C(=O)OCc1ccccc1)c1ccc(C)cc1. The predicted octanol–water partition coefficient (Wildman–Crippen LogP) is 3.35. The van der Waals surface area contributed by atoms with Gasteiger partial charge in [0, 0.05) is 11.1 Å². The van der Waals surface area contributed by atoms with Gasteiger partial charge < -0.3 is 14.6 Å². The van der Waals surface area contributed by atoms with Crippen LogP contribution in [-0.2, 0) is 30.5 Å². The van der Waals surface area contributed by atoms with Crippen molar-refractivity contribution in [3.05, 3.63) is 83.4 Å². The normalized spacial score (nSPS) is 11.3. The van der Waals surface area contributed by atoms with Crippen LogP contribution in [0.2, 0.25) is 0 Å². The van der Waals surface area contributed by atoms with Crippen molar-refractivity contribution in [2.45, 2.75) is 26.1 Å². The van der Waals surface area contributed by atoms with Gasteiger partial charge in [0.15, 0.2) is 0 Å². The molecule has 2 aromatic carbocycles. The number of carboxylic acid groups (broad SMARTS) is 1. The molecule has 27 heavy (non-hydrogen) atoms. The van der Waals surface area contributed by atoms with Crippen LogP contribution in [0.5, 0.6) is 0 Å². The summed E-state index contributed by atoms with van der Waals surface area (Å²) in [5, 5.41) is 8.77. The number of ether oxygens (including phenoxy) is 2. The summed E-state index contributed by atoms with van der Waals surface area (Å²) in [6.07, 6.45) is -1.88. The van der Waals surface area contributed by atoms with E-state index in [1.807, 2.05) is 25.1 Å². The minimum Gasteiger partial charge on any atom is -0.481 e. The molecule has 0 fully saturated rings. The Kier molecular flexibility index (Phi) is 6.88. The molecule has 0 aliphatic heterocycles. The number of hydrogen-bond donors (Lipinski definition) is 1. The first-order valence-corrected chi connectivity index (χ1v) is 8.24. The fraction of sp³-hybridized carbons (Fsp3) is 0.190. The molecule has 6 nitrogen and oxygen atoms in total. The van der Waals surface area contributed by atoms with Gasteiger partial charge in [-0.25, -0.2) is 9.59 Å². The lowest BCUT2D eigenvalue weighted by molar-refractivity contribution is -0.167. The van der Waals surface area contributed by atoms with Gasteiger partial charge in [-0.3, -0.25) is 4.79 Å². The van der Waals surface area contributed by atoms with Gasteiger partial charge in [-0.2, -0.15) is 0 Å². The van der Waals surface area contributed by atoms with Crippen molar-refractivity contribution < 1.29 is 29.0 Å². The van der Waals surface area contributed by atoms with Crippen molar-refractivity contribution in [3.8, 4) is 0 Å². The average molecular weight is 368 g/mol. The first-order valence-electron chi connectivity index (χ1n) is 8.24. The van der Waals surface area contributed by atoms with Crippen molar-refractivity contribution >= 4 is 17.9 Å². The molecule has 0 aliphatic carbocycles. The molecule has 2 rings (SSSR count). The van der Waals surface area contributed by atoms with Crippen molar-refractivity contribution in [1.82, 2.24) is 0 Å². The summed E-state index contributed by atoms with van der Waals surface area (Å²) < 4.78 is 10.5. The maximum absolute atomic E-state index is 12.5. The Morgan fingerprint density at radius 3 is 2.26 bits per heavy atom. The predicted molar refractivity (Wildman–Crippen MR) is 97.6 cm³/mol. The van der Waals surface area contributed by atoms with E-state index in [2.05, 4.69) is 6.58 Å². The van der Waals surface area contributed by atoms with Crippen LogP contribution >= 0.6 is 0 Å². The van der Waals surface area contributed by atoms with E-state index >= 15 is 0 Å². The summed E-state index contributed by atoms with van der Waals surface area (Å²) in [5.41, 5.74) is 1.93. The number of carboxylic acids is 1. The van der Waals surface area contributed by atoms with Crippen molar-refractivity contribution in [3.63, 3.8) is 0 Å². The third-order valence-corrected chi connectivity index (χ3v) is 3.70. The summed E-state index contributed by atoms with van der Waals surface area (Å²) in [7, 11) is 0. The van der Waals surface area contributed by atoms with Gasteiger partial charge >= 0.3 is 17.9 Å². The van der Waals surface area contributed by atoms with Gasteiger partial charge in [0.1, 0.15) is 6.61 Å². The molecule has 140 valence electrons. The van der Waals surface area contributed by atoms with Crippen LogP contribution in [0, 0.1) is 6.92 Å². The average Bonchev–Trinajstić information content (AvgIpc) is 2.65. The smallest absolute Gasteiger partial charge is 0.352 e. The first-order chi connectivity index (χ1) is 12.9. The number of carbonyl (C=O) groups excluding carboxylic acids is 2. The molecule has 0 aromatic heterocycles. The number of hydrogen-bond acceptors (Lipinski definition) is 5. The molecule has 0 heterocycles. The lowest BCUT2D eigenvalue weighted by Gasteiger charge is -2.18. The largest absolute Gasteiger partial charge is 0.481 e. The first kappa shape index (κ1) is 19.9. The van der Waals surface area contributed by atoms with E-state index in [0.29, 0.717) is 5.56 Å². The highest BCUT2D eigenvalue weighted by Crippen LogP contribution is 2.22. The molecule has 0 saturated carbocycles. The van der Waals surface area contributed by atoms with E-state index in [4.69, 9.17) is 14.6 Å². The molecular formula is C21H20O6. The van der Waals surface area contributed by atoms with Crippen LogP contribution in [0.15, 0.2) is 66.7 Å². The summed E-state index contributed by atoms with van der Waals surface area (Å²) >= 11 is 0. The van der Waals surface area contributed by atoms with Crippen LogP contribution < -0.4 is 0 Å². The zero-order valence-corrected chi connectivity index (χ0v) is 14.9. The zero-order valence-electron chi connectivity index (χ0n) is 14.9. The fourth-order valence-electron chi connectivity index (χ4n) is 2.24. The van der Waals surface area contributed by atoms with Gasteiger partial charge in [-0.15, -0.1) is 0 Å². The highest BCUT2D eigenvalue weighted by Gasteiger charge is 2.28. The van der Waals surface area contributed by atoms with E-state index < -0.39 is 30.4 Å². The number of rotatable bonds is 8. The number of esters is 2. The van der Waals surface area contributed by atoms with Crippen LogP contribution in [0.25, 0.3) is 0 Å². The maximum atomic E-state index is 12.5. The topological polar surface area (TPSA) is 89.9 Å². The van der Waals surface area contributed by atoms with Crippen LogP contribution in [0.4, 0.5) is 0 Å². The number of aliphatic carboxylic acids is 1. The minimum absolute atomic E-state index is 0.0235. The molecule has 1 unspecified atom stereocenters. The molecule has 0 spiro atoms. The maximum Gasteiger partial charge on any atom is 0.352 e. The van der Waals surface area contributed by atoms with Crippen molar-refractivity contribution in [2.75, 3.05) is 0 Å². The molecular weight excluding hydrogens is 348 g/mol. The fourth-order valence-corrected chi connectivity index (χ4v) is 2.24. The molecule has 0 radical (unpaired) electrons. The van der Waals surface area contributed by atoms with Crippen LogP contribution in [0.1, 0.15) is 29.2 Å². The lowest BCUT2D eigenvalue weighted by Crippen LogP contribution is -2.23. The molecule has 0 saturated heterocycles. The summed E-state index contributed by atoms with van der Waals surface area (Å²) in [6, 6.07) is 15.9. The second-order valence-electron chi connectivity index (χ2n) is 5.96. The Morgan fingerprint density at radius 2 is 1.67 bits per heavy atom. The van der Waals surface area contributed by atoms with Crippen molar-refractivity contribution in [1.29, 1.82) is 0 Å². The van der Waals surface area contributed by atoms with E-state index in [9.17, 15) is 14.4 Å². The second kappa shape index (κ2) is 9.33. The third kappa shape index (κ3) is 6.11. The Labute approximate surface area is 157 Å². The monoisotopic (exact) mass is 368 g/mol. The third-order valence-electron chi connectivity index (χ3n) is 3.70. The van der Waals surface area contributed by atoms with Gasteiger partial charge in [-0.05, 0) is 12.5 Å². The van der Waals surface area contributed by atoms with E-state index in [1.165, 1.54) is 0 Å². The van der Waals surface area contributed by atoms with Crippen LogP contribution in [-0.4, -0.2) is 23.0 Å². The zero-order chi connectivity index (χ0) is 19.8. The number of aryl methyl sites for hydroxylation is 1. The molecule has 6 heteroatoms. The number of benzene rings is 2. The quantitative estimate of drug-likeness (QED) is 0.568. The van der Waals surface area contributed by atoms with Crippen LogP contribution in [0.3, 0.4) is 0 Å². The number of carbonyl (C=O) groups is 3. The van der Waals surface area contributed by atoms with Gasteiger partial charge in [-0.1, -0.05) is 66.7 Å². The Morgan fingerprint density at radius 1 is 1.04 bits per heavy atom. The van der Waals surface area contributed by atoms with Gasteiger partial charge in [0.05, 0.1) is 6.42 Å². The summed E-state index contributed by atoms with van der Waals surface area (Å²) in [6.45, 7) is 5.31. The molecule has 0 bridgehead atoms. The second-order valence-corrected chi connectivity index (χ2v) is 5.96. The minimum atomic E-state index is -1.31. The molecule has 1 atom stereocenters. The van der Waals surface area contributed by atoms with Crippen molar-refractivity contribution in [2.24, 2.45) is 0 Å². The standard InChI is InChI=1S/C21H20O6/c1-14-8-10-17(11-9-14)19(27-20(24)15(2)12-18(22)23)21(25)26-13-16-6-4-3-5-7-16/h3-11,19H,2,12-13H2,1H3,(H,22,23). The highest BCUT2D eigenvalue weighted by atomic mass is 16.6. The van der Waals surface area contributed by atoms with Gasteiger partial charge in [0.25, 0.3) is 0 Å². The summed E-state index contributed by atoms with van der Waals surface area (Å²) in [4.78, 5) is 35.4. The Hall–Kier alpha value is -3.41. The molecule has 1 N–H and O–H groups in total. The molecule has 2 aromatic rings. The van der Waals surface area contributed by atoms with Gasteiger partial charge in [0.2, 0.25) is 6.10 Å². The molecule has 0 aliphatic rings.